The molecule has 388 valence electrons. The Balaban J connectivity index is 4.33. The molecule has 0 aromatic rings. The molecule has 1 atom stereocenters. The van der Waals surface area contributed by atoms with E-state index in [0.717, 1.165) is 70.6 Å². The summed E-state index contributed by atoms with van der Waals surface area (Å²) >= 11 is 0. The zero-order chi connectivity index (χ0) is 47.9. The van der Waals surface area contributed by atoms with Gasteiger partial charge in [-0.2, -0.15) is 0 Å². The van der Waals surface area contributed by atoms with Crippen LogP contribution < -0.4 is 0 Å². The smallest absolute Gasteiger partial charge is 0.306 e. The van der Waals surface area contributed by atoms with E-state index in [1.54, 1.807) is 0 Å². The normalized spacial score (nSPS) is 12.1. The molecule has 0 rings (SSSR count). The number of hydrogen-bond acceptors (Lipinski definition) is 6. The maximum atomic E-state index is 12.9. The second kappa shape index (κ2) is 55.5. The number of ether oxygens (including phenoxy) is 3. The van der Waals surface area contributed by atoms with Crippen molar-refractivity contribution in [1.29, 1.82) is 0 Å². The standard InChI is InChI=1S/C60H112O6/c1-4-7-10-13-16-19-22-25-28-30-33-35-38-41-44-47-50-53-59(62)65-56-57(55-64-58(61)52-49-46-43-40-37-34-31-27-24-21-18-15-12-9-6-3)66-60(63)54-51-48-45-42-39-36-32-29-26-23-20-17-14-11-8-5-2/h16,19,25,28,57H,4-15,17-18,20-24,26-27,29-56H2,1-3H3/b19-16+,28-25+/t57-/m1/s1. The van der Waals surface area contributed by atoms with Crippen LogP contribution in [0.15, 0.2) is 24.3 Å². The quantitative estimate of drug-likeness (QED) is 0.0262. The second-order valence-electron chi connectivity index (χ2n) is 19.9. The molecule has 0 radical (unpaired) electrons. The topological polar surface area (TPSA) is 78.9 Å². The van der Waals surface area contributed by atoms with Crippen molar-refractivity contribution in [2.75, 3.05) is 13.2 Å². The molecule has 0 aliphatic carbocycles. The summed E-state index contributed by atoms with van der Waals surface area (Å²) < 4.78 is 16.9. The lowest BCUT2D eigenvalue weighted by atomic mass is 10.0. The van der Waals surface area contributed by atoms with E-state index in [-0.39, 0.29) is 31.1 Å². The van der Waals surface area contributed by atoms with Crippen molar-refractivity contribution in [2.24, 2.45) is 0 Å². The number of esters is 3. The number of carbonyl (C=O) groups is 3. The number of allylic oxidation sites excluding steroid dienone is 4. The molecule has 0 aromatic carbocycles. The highest BCUT2D eigenvalue weighted by atomic mass is 16.6. The summed E-state index contributed by atoms with van der Waals surface area (Å²) in [6.45, 7) is 6.66. The van der Waals surface area contributed by atoms with E-state index in [1.165, 1.54) is 212 Å². The minimum Gasteiger partial charge on any atom is -0.462 e. The molecule has 0 unspecified atom stereocenters. The molecule has 6 heteroatoms. The summed E-state index contributed by atoms with van der Waals surface area (Å²) in [6, 6.07) is 0. The highest BCUT2D eigenvalue weighted by Gasteiger charge is 2.19. The molecule has 0 N–H and O–H groups in total. The van der Waals surface area contributed by atoms with Crippen LogP contribution >= 0.6 is 0 Å². The molecule has 0 fully saturated rings. The van der Waals surface area contributed by atoms with Gasteiger partial charge in [-0.15, -0.1) is 0 Å². The number of rotatable bonds is 54. The van der Waals surface area contributed by atoms with Crippen LogP contribution in [-0.4, -0.2) is 37.2 Å². The summed E-state index contributed by atoms with van der Waals surface area (Å²) in [7, 11) is 0. The van der Waals surface area contributed by atoms with Crippen molar-refractivity contribution in [3.05, 3.63) is 24.3 Å². The Morgan fingerprint density at radius 3 is 0.864 bits per heavy atom. The van der Waals surface area contributed by atoms with E-state index in [9.17, 15) is 14.4 Å². The predicted octanol–water partition coefficient (Wildman–Crippen LogP) is 19.5. The molecule has 0 aliphatic heterocycles. The van der Waals surface area contributed by atoms with Crippen LogP contribution in [0.3, 0.4) is 0 Å². The van der Waals surface area contributed by atoms with Crippen molar-refractivity contribution in [1.82, 2.24) is 0 Å². The molecule has 0 saturated carbocycles. The third-order valence-corrected chi connectivity index (χ3v) is 13.2. The van der Waals surface area contributed by atoms with Crippen molar-refractivity contribution in [3.63, 3.8) is 0 Å². The highest BCUT2D eigenvalue weighted by molar-refractivity contribution is 5.71. The van der Waals surface area contributed by atoms with E-state index in [0.29, 0.717) is 19.3 Å². The van der Waals surface area contributed by atoms with Crippen LogP contribution in [0.1, 0.15) is 323 Å². The fourth-order valence-electron chi connectivity index (χ4n) is 8.77. The Bertz CT molecular complexity index is 1070. The molecule has 0 aromatic heterocycles. The van der Waals surface area contributed by atoms with Gasteiger partial charge in [0.2, 0.25) is 0 Å². The van der Waals surface area contributed by atoms with Gasteiger partial charge >= 0.3 is 17.9 Å². The molecule has 0 spiro atoms. The summed E-state index contributed by atoms with van der Waals surface area (Å²) in [5.41, 5.74) is 0. The van der Waals surface area contributed by atoms with Gasteiger partial charge in [0.25, 0.3) is 0 Å². The lowest BCUT2D eigenvalue weighted by Crippen LogP contribution is -2.30. The summed E-state index contributed by atoms with van der Waals surface area (Å²) in [6.07, 6.45) is 64.5. The van der Waals surface area contributed by atoms with Crippen molar-refractivity contribution >= 4 is 17.9 Å². The Labute approximate surface area is 411 Å². The van der Waals surface area contributed by atoms with Crippen LogP contribution in [0.4, 0.5) is 0 Å². The highest BCUT2D eigenvalue weighted by Crippen LogP contribution is 2.17. The minimum atomic E-state index is -0.769. The largest absolute Gasteiger partial charge is 0.462 e. The lowest BCUT2D eigenvalue weighted by Gasteiger charge is -2.18. The second-order valence-corrected chi connectivity index (χ2v) is 19.9. The number of hydrogen-bond donors (Lipinski definition) is 0. The van der Waals surface area contributed by atoms with Crippen LogP contribution in [0.25, 0.3) is 0 Å². The first-order valence-corrected chi connectivity index (χ1v) is 29.3. The SMILES string of the molecule is CCCCC/C=C/C/C=C/CCCCCCCCCC(=O)OC[C@@H](COC(=O)CCCCCCCCCCCCCCCCC)OC(=O)CCCCCCCCCCCCCCCCCC. The molecule has 0 bridgehead atoms. The van der Waals surface area contributed by atoms with Gasteiger partial charge in [-0.05, 0) is 51.4 Å². The van der Waals surface area contributed by atoms with Gasteiger partial charge in [-0.25, -0.2) is 0 Å². The van der Waals surface area contributed by atoms with E-state index < -0.39 is 6.10 Å². The van der Waals surface area contributed by atoms with Crippen molar-refractivity contribution in [2.45, 2.75) is 329 Å². The molecule has 0 aliphatic rings. The van der Waals surface area contributed by atoms with Crippen LogP contribution in [0.2, 0.25) is 0 Å². The third kappa shape index (κ3) is 52.9. The maximum Gasteiger partial charge on any atom is 0.306 e. The zero-order valence-electron chi connectivity index (χ0n) is 44.5. The monoisotopic (exact) mass is 929 g/mol. The molecular formula is C60H112O6. The Morgan fingerprint density at radius 2 is 0.545 bits per heavy atom. The van der Waals surface area contributed by atoms with Gasteiger partial charge in [0.1, 0.15) is 13.2 Å². The van der Waals surface area contributed by atoms with Gasteiger partial charge in [0.05, 0.1) is 0 Å². The Kier molecular flexibility index (Phi) is 53.7. The Morgan fingerprint density at radius 1 is 0.303 bits per heavy atom. The summed E-state index contributed by atoms with van der Waals surface area (Å²) in [4.78, 5) is 38.2. The van der Waals surface area contributed by atoms with Gasteiger partial charge in [0.15, 0.2) is 6.10 Å². The van der Waals surface area contributed by atoms with E-state index in [2.05, 4.69) is 45.1 Å². The maximum absolute atomic E-state index is 12.9. The van der Waals surface area contributed by atoms with Crippen LogP contribution in [0.5, 0.6) is 0 Å². The average Bonchev–Trinajstić information content (AvgIpc) is 3.31. The van der Waals surface area contributed by atoms with Gasteiger partial charge in [0, 0.05) is 19.3 Å². The van der Waals surface area contributed by atoms with Gasteiger partial charge in [-0.1, -0.05) is 276 Å². The van der Waals surface area contributed by atoms with Crippen molar-refractivity contribution in [3.8, 4) is 0 Å². The predicted molar refractivity (Wildman–Crippen MR) is 284 cm³/mol. The van der Waals surface area contributed by atoms with Gasteiger partial charge < -0.3 is 14.2 Å². The van der Waals surface area contributed by atoms with E-state index in [1.807, 2.05) is 0 Å². The number of carbonyl (C=O) groups excluding carboxylic acids is 3. The van der Waals surface area contributed by atoms with E-state index in [4.69, 9.17) is 14.2 Å². The van der Waals surface area contributed by atoms with Gasteiger partial charge in [-0.3, -0.25) is 14.4 Å². The zero-order valence-corrected chi connectivity index (χ0v) is 44.5. The molecule has 0 saturated heterocycles. The summed E-state index contributed by atoms with van der Waals surface area (Å²) in [5.74, 6) is -0.853. The third-order valence-electron chi connectivity index (χ3n) is 13.2. The van der Waals surface area contributed by atoms with Crippen molar-refractivity contribution < 1.29 is 28.6 Å². The molecule has 66 heavy (non-hydrogen) atoms. The van der Waals surface area contributed by atoms with E-state index >= 15 is 0 Å². The minimum absolute atomic E-state index is 0.0679. The fraction of sp³-hybridized carbons (Fsp3) is 0.883. The molecule has 0 heterocycles. The number of unbranched alkanes of at least 4 members (excludes halogenated alkanes) is 39. The molecule has 6 nitrogen and oxygen atoms in total. The Hall–Kier alpha value is -2.11. The first-order chi connectivity index (χ1) is 32.5. The average molecular weight is 930 g/mol. The first kappa shape index (κ1) is 63.9. The summed E-state index contributed by atoms with van der Waals surface area (Å²) in [5, 5.41) is 0. The first-order valence-electron chi connectivity index (χ1n) is 29.3. The van der Waals surface area contributed by atoms with Crippen LogP contribution in [0, 0.1) is 0 Å². The molecule has 0 amide bonds. The van der Waals surface area contributed by atoms with Crippen LogP contribution in [-0.2, 0) is 28.6 Å². The lowest BCUT2D eigenvalue weighted by molar-refractivity contribution is -0.167. The fourth-order valence-corrected chi connectivity index (χ4v) is 8.77. The molecular weight excluding hydrogens is 817 g/mol.